The molecular weight excluding hydrogens is 410 g/mol. The van der Waals surface area contributed by atoms with Crippen molar-refractivity contribution in [1.29, 1.82) is 0 Å². The van der Waals surface area contributed by atoms with Crippen molar-refractivity contribution in [2.45, 2.75) is 26.3 Å². The first kappa shape index (κ1) is 20.3. The molecule has 1 amide bonds. The van der Waals surface area contributed by atoms with Gasteiger partial charge in [0, 0.05) is 22.2 Å². The summed E-state index contributed by atoms with van der Waals surface area (Å²) in [4.78, 5) is 18.6. The standard InChI is InChI=1S/C24H23N3OS2/c1-3-19-14-20(24(30-19)27-23(28)17-7-5-4-6-8-17)22(18-10-12-29-15-18)26-21-13-16(2)9-11-25-21/h4-15,22H,3H2,1-2H3,(H,25,26)(H,27,28)/t22-/m1/s1. The summed E-state index contributed by atoms with van der Waals surface area (Å²) in [6, 6.07) is 17.5. The van der Waals surface area contributed by atoms with Crippen molar-refractivity contribution in [2.24, 2.45) is 0 Å². The zero-order valence-corrected chi connectivity index (χ0v) is 18.5. The van der Waals surface area contributed by atoms with Crippen molar-refractivity contribution in [2.75, 3.05) is 10.6 Å². The highest BCUT2D eigenvalue weighted by Gasteiger charge is 2.23. The molecule has 0 fully saturated rings. The Hall–Kier alpha value is -2.96. The Morgan fingerprint density at radius 2 is 1.97 bits per heavy atom. The Labute approximate surface area is 184 Å². The average molecular weight is 434 g/mol. The second-order valence-electron chi connectivity index (χ2n) is 7.02. The van der Waals surface area contributed by atoms with Crippen LogP contribution in [0.1, 0.15) is 44.9 Å². The van der Waals surface area contributed by atoms with Gasteiger partial charge in [0.15, 0.2) is 0 Å². The molecule has 0 aliphatic heterocycles. The summed E-state index contributed by atoms with van der Waals surface area (Å²) in [5.41, 5.74) is 4.01. The number of carbonyl (C=O) groups excluding carboxylic acids is 1. The highest BCUT2D eigenvalue weighted by Crippen LogP contribution is 2.38. The second kappa shape index (κ2) is 9.24. The number of benzene rings is 1. The maximum Gasteiger partial charge on any atom is 0.256 e. The van der Waals surface area contributed by atoms with E-state index in [2.05, 4.69) is 52.4 Å². The van der Waals surface area contributed by atoms with Crippen LogP contribution < -0.4 is 10.6 Å². The predicted molar refractivity (Wildman–Crippen MR) is 127 cm³/mol. The van der Waals surface area contributed by atoms with E-state index in [1.807, 2.05) is 48.7 Å². The molecule has 4 nitrogen and oxygen atoms in total. The van der Waals surface area contributed by atoms with Crippen molar-refractivity contribution in [1.82, 2.24) is 4.98 Å². The lowest BCUT2D eigenvalue weighted by Gasteiger charge is -2.20. The number of aromatic nitrogens is 1. The summed E-state index contributed by atoms with van der Waals surface area (Å²) < 4.78 is 0. The summed E-state index contributed by atoms with van der Waals surface area (Å²) in [5, 5.41) is 11.8. The molecule has 0 saturated heterocycles. The third-order valence-electron chi connectivity index (χ3n) is 4.82. The van der Waals surface area contributed by atoms with Gasteiger partial charge < -0.3 is 10.6 Å². The number of amides is 1. The van der Waals surface area contributed by atoms with Gasteiger partial charge in [-0.1, -0.05) is 25.1 Å². The molecule has 3 aromatic heterocycles. The summed E-state index contributed by atoms with van der Waals surface area (Å²) >= 11 is 3.29. The predicted octanol–water partition coefficient (Wildman–Crippen LogP) is 6.53. The average Bonchev–Trinajstić information content (AvgIpc) is 3.43. The number of carbonyl (C=O) groups is 1. The smallest absolute Gasteiger partial charge is 0.256 e. The minimum absolute atomic E-state index is 0.0981. The summed E-state index contributed by atoms with van der Waals surface area (Å²) in [6.45, 7) is 4.19. The van der Waals surface area contributed by atoms with E-state index >= 15 is 0 Å². The first-order valence-electron chi connectivity index (χ1n) is 9.84. The number of nitrogens with one attached hydrogen (secondary N) is 2. The maximum absolute atomic E-state index is 12.8. The van der Waals surface area contributed by atoms with Crippen LogP contribution in [0.15, 0.2) is 71.6 Å². The van der Waals surface area contributed by atoms with Gasteiger partial charge in [0.1, 0.15) is 10.8 Å². The Balaban J connectivity index is 1.71. The van der Waals surface area contributed by atoms with Gasteiger partial charge in [-0.2, -0.15) is 11.3 Å². The topological polar surface area (TPSA) is 54.0 Å². The number of pyridine rings is 1. The van der Waals surface area contributed by atoms with E-state index in [0.717, 1.165) is 33.9 Å². The Morgan fingerprint density at radius 1 is 1.13 bits per heavy atom. The molecule has 30 heavy (non-hydrogen) atoms. The van der Waals surface area contributed by atoms with E-state index in [0.29, 0.717) is 5.56 Å². The van der Waals surface area contributed by atoms with Gasteiger partial charge in [-0.15, -0.1) is 11.3 Å². The zero-order valence-electron chi connectivity index (χ0n) is 16.9. The fourth-order valence-electron chi connectivity index (χ4n) is 3.25. The fourth-order valence-corrected chi connectivity index (χ4v) is 4.97. The molecule has 0 saturated carbocycles. The van der Waals surface area contributed by atoms with Gasteiger partial charge in [0.2, 0.25) is 0 Å². The molecule has 3 heterocycles. The van der Waals surface area contributed by atoms with E-state index in [4.69, 9.17) is 0 Å². The molecule has 4 aromatic rings. The second-order valence-corrected chi connectivity index (χ2v) is 8.94. The normalized spacial score (nSPS) is 11.8. The van der Waals surface area contributed by atoms with Crippen LogP contribution >= 0.6 is 22.7 Å². The van der Waals surface area contributed by atoms with E-state index < -0.39 is 0 Å². The lowest BCUT2D eigenvalue weighted by molar-refractivity contribution is 0.102. The number of anilines is 2. The third-order valence-corrected chi connectivity index (χ3v) is 6.73. The third kappa shape index (κ3) is 4.61. The molecule has 6 heteroatoms. The minimum atomic E-state index is -0.104. The van der Waals surface area contributed by atoms with Crippen LogP contribution in [0.3, 0.4) is 0 Å². The van der Waals surface area contributed by atoms with Gasteiger partial charge in [0.05, 0.1) is 6.04 Å². The van der Waals surface area contributed by atoms with Crippen LogP contribution in [0.25, 0.3) is 0 Å². The van der Waals surface area contributed by atoms with Crippen LogP contribution in [0.2, 0.25) is 0 Å². The van der Waals surface area contributed by atoms with Crippen molar-refractivity contribution in [3.05, 3.63) is 98.7 Å². The zero-order chi connectivity index (χ0) is 20.9. The molecule has 1 aromatic carbocycles. The van der Waals surface area contributed by atoms with E-state index in [1.54, 1.807) is 22.7 Å². The van der Waals surface area contributed by atoms with Gasteiger partial charge in [-0.3, -0.25) is 4.79 Å². The molecule has 4 rings (SSSR count). The molecule has 0 aliphatic carbocycles. The van der Waals surface area contributed by atoms with E-state index in [-0.39, 0.29) is 11.9 Å². The lowest BCUT2D eigenvalue weighted by Crippen LogP contribution is -2.16. The van der Waals surface area contributed by atoms with Crippen LogP contribution in [0, 0.1) is 6.92 Å². The summed E-state index contributed by atoms with van der Waals surface area (Å²) in [7, 11) is 0. The molecular formula is C24H23N3OS2. The Bertz CT molecular complexity index is 1120. The molecule has 0 spiro atoms. The van der Waals surface area contributed by atoms with Crippen LogP contribution in [0.4, 0.5) is 10.8 Å². The number of rotatable bonds is 7. The van der Waals surface area contributed by atoms with Crippen molar-refractivity contribution < 1.29 is 4.79 Å². The summed E-state index contributed by atoms with van der Waals surface area (Å²) in [6.07, 6.45) is 2.73. The molecule has 0 bridgehead atoms. The van der Waals surface area contributed by atoms with Crippen molar-refractivity contribution >= 4 is 39.4 Å². The molecule has 152 valence electrons. The number of hydrogen-bond donors (Lipinski definition) is 2. The fraction of sp³-hybridized carbons (Fsp3) is 0.167. The highest BCUT2D eigenvalue weighted by molar-refractivity contribution is 7.16. The lowest BCUT2D eigenvalue weighted by atomic mass is 10.0. The molecule has 2 N–H and O–H groups in total. The quantitative estimate of drug-likeness (QED) is 0.348. The van der Waals surface area contributed by atoms with Crippen LogP contribution in [-0.4, -0.2) is 10.9 Å². The van der Waals surface area contributed by atoms with Gasteiger partial charge >= 0.3 is 0 Å². The number of nitrogens with zero attached hydrogens (tertiary/aromatic N) is 1. The molecule has 1 atom stereocenters. The monoisotopic (exact) mass is 433 g/mol. The van der Waals surface area contributed by atoms with Crippen molar-refractivity contribution in [3.63, 3.8) is 0 Å². The number of aryl methyl sites for hydroxylation is 2. The SMILES string of the molecule is CCc1cc([C@H](Nc2cc(C)ccn2)c2ccsc2)c(NC(=O)c2ccccc2)s1. The van der Waals surface area contributed by atoms with Crippen molar-refractivity contribution in [3.8, 4) is 0 Å². The Morgan fingerprint density at radius 3 is 2.67 bits per heavy atom. The minimum Gasteiger partial charge on any atom is -0.359 e. The number of hydrogen-bond acceptors (Lipinski definition) is 5. The first-order valence-corrected chi connectivity index (χ1v) is 11.6. The van der Waals surface area contributed by atoms with Crippen LogP contribution in [-0.2, 0) is 6.42 Å². The molecule has 0 aliphatic rings. The first-order chi connectivity index (χ1) is 14.6. The van der Waals surface area contributed by atoms with Gasteiger partial charge in [-0.25, -0.2) is 4.98 Å². The summed E-state index contributed by atoms with van der Waals surface area (Å²) in [5.74, 6) is 0.717. The molecule has 0 unspecified atom stereocenters. The van der Waals surface area contributed by atoms with Gasteiger partial charge in [0.25, 0.3) is 5.91 Å². The maximum atomic E-state index is 12.8. The number of thiophene rings is 2. The van der Waals surface area contributed by atoms with E-state index in [9.17, 15) is 4.79 Å². The largest absolute Gasteiger partial charge is 0.359 e. The van der Waals surface area contributed by atoms with E-state index in [1.165, 1.54) is 4.88 Å². The van der Waals surface area contributed by atoms with Gasteiger partial charge in [-0.05, 0) is 71.6 Å². The highest BCUT2D eigenvalue weighted by atomic mass is 32.1. The Kier molecular flexibility index (Phi) is 6.26. The van der Waals surface area contributed by atoms with Crippen LogP contribution in [0.5, 0.6) is 0 Å². The molecule has 0 radical (unpaired) electrons.